The third kappa shape index (κ3) is 4.60. The Morgan fingerprint density at radius 3 is 2.19 bits per heavy atom. The van der Waals surface area contributed by atoms with Crippen LogP contribution in [0.3, 0.4) is 0 Å². The molecule has 1 saturated heterocycles. The lowest BCUT2D eigenvalue weighted by molar-refractivity contribution is -0.139. The van der Waals surface area contributed by atoms with Crippen molar-refractivity contribution in [2.75, 3.05) is 33.0 Å². The van der Waals surface area contributed by atoms with Crippen LogP contribution in [0.5, 0.6) is 17.2 Å². The number of amides is 2. The van der Waals surface area contributed by atoms with Crippen LogP contribution in [0.2, 0.25) is 0 Å². The molecule has 2 heterocycles. The summed E-state index contributed by atoms with van der Waals surface area (Å²) in [5, 5.41) is 0. The van der Waals surface area contributed by atoms with Crippen LogP contribution in [0.4, 0.5) is 0 Å². The zero-order chi connectivity index (χ0) is 22.0. The topological polar surface area (TPSA) is 68.3 Å². The minimum atomic E-state index is -0.582. The average Bonchev–Trinajstić information content (AvgIpc) is 3.26. The SMILES string of the molecule is CC(Oc1ccc(C(C)C)cc1)C(=O)N1CCN(C(=O)c2ccc3c(c2)OCO3)CC1. The first-order valence-corrected chi connectivity index (χ1v) is 10.7. The van der Waals surface area contributed by atoms with Crippen LogP contribution >= 0.6 is 0 Å². The smallest absolute Gasteiger partial charge is 0.263 e. The number of hydrogen-bond donors (Lipinski definition) is 0. The zero-order valence-corrected chi connectivity index (χ0v) is 18.2. The van der Waals surface area contributed by atoms with Crippen molar-refractivity contribution in [3.8, 4) is 17.2 Å². The van der Waals surface area contributed by atoms with E-state index < -0.39 is 6.10 Å². The van der Waals surface area contributed by atoms with Crippen molar-refractivity contribution in [2.45, 2.75) is 32.8 Å². The standard InChI is InChI=1S/C24H28N2O5/c1-16(2)18-4-7-20(8-5-18)31-17(3)23(27)25-10-12-26(13-11-25)24(28)19-6-9-21-22(14-19)30-15-29-21/h4-9,14,16-17H,10-13,15H2,1-3H3. The minimum absolute atomic E-state index is 0.0666. The fraction of sp³-hybridized carbons (Fsp3) is 0.417. The van der Waals surface area contributed by atoms with Crippen LogP contribution in [0.1, 0.15) is 42.6 Å². The van der Waals surface area contributed by atoms with Crippen LogP contribution in [0.15, 0.2) is 42.5 Å². The van der Waals surface area contributed by atoms with E-state index in [9.17, 15) is 9.59 Å². The van der Waals surface area contributed by atoms with E-state index in [0.717, 1.165) is 0 Å². The molecule has 4 rings (SSSR count). The summed E-state index contributed by atoms with van der Waals surface area (Å²) in [4.78, 5) is 29.2. The number of piperazine rings is 1. The van der Waals surface area contributed by atoms with Crippen LogP contribution in [-0.4, -0.2) is 60.7 Å². The molecule has 2 aliphatic heterocycles. The molecule has 0 spiro atoms. The molecule has 2 amide bonds. The van der Waals surface area contributed by atoms with Gasteiger partial charge in [0, 0.05) is 31.7 Å². The van der Waals surface area contributed by atoms with E-state index in [4.69, 9.17) is 14.2 Å². The molecule has 0 bridgehead atoms. The normalized spacial score (nSPS) is 16.4. The number of benzene rings is 2. The highest BCUT2D eigenvalue weighted by molar-refractivity contribution is 5.95. The molecule has 0 aromatic heterocycles. The van der Waals surface area contributed by atoms with E-state index in [1.165, 1.54) is 5.56 Å². The quantitative estimate of drug-likeness (QED) is 0.737. The highest BCUT2D eigenvalue weighted by Gasteiger charge is 2.29. The van der Waals surface area contributed by atoms with Gasteiger partial charge in [0.05, 0.1) is 0 Å². The number of nitrogens with zero attached hydrogens (tertiary/aromatic N) is 2. The number of rotatable bonds is 5. The largest absolute Gasteiger partial charge is 0.481 e. The summed E-state index contributed by atoms with van der Waals surface area (Å²) in [5.74, 6) is 2.24. The van der Waals surface area contributed by atoms with E-state index >= 15 is 0 Å². The highest BCUT2D eigenvalue weighted by Crippen LogP contribution is 2.33. The van der Waals surface area contributed by atoms with Crippen molar-refractivity contribution in [1.82, 2.24) is 9.80 Å². The van der Waals surface area contributed by atoms with Gasteiger partial charge in [-0.1, -0.05) is 26.0 Å². The van der Waals surface area contributed by atoms with Crippen molar-refractivity contribution in [3.05, 3.63) is 53.6 Å². The van der Waals surface area contributed by atoms with Gasteiger partial charge < -0.3 is 24.0 Å². The molecule has 1 fully saturated rings. The summed E-state index contributed by atoms with van der Waals surface area (Å²) >= 11 is 0. The molecule has 1 atom stereocenters. The van der Waals surface area contributed by atoms with Gasteiger partial charge in [-0.3, -0.25) is 9.59 Å². The summed E-state index contributed by atoms with van der Waals surface area (Å²) in [7, 11) is 0. The maximum absolute atomic E-state index is 12.8. The van der Waals surface area contributed by atoms with Crippen molar-refractivity contribution < 1.29 is 23.8 Å². The number of carbonyl (C=O) groups is 2. The second-order valence-electron chi connectivity index (χ2n) is 8.17. The Morgan fingerprint density at radius 2 is 1.52 bits per heavy atom. The van der Waals surface area contributed by atoms with Crippen LogP contribution < -0.4 is 14.2 Å². The van der Waals surface area contributed by atoms with Crippen LogP contribution in [-0.2, 0) is 4.79 Å². The lowest BCUT2D eigenvalue weighted by atomic mass is 10.0. The molecule has 164 valence electrons. The molecular formula is C24H28N2O5. The Morgan fingerprint density at radius 1 is 0.871 bits per heavy atom. The lowest BCUT2D eigenvalue weighted by Crippen LogP contribution is -2.53. The summed E-state index contributed by atoms with van der Waals surface area (Å²) in [6.07, 6.45) is -0.582. The Bertz CT molecular complexity index is 949. The molecule has 31 heavy (non-hydrogen) atoms. The third-order valence-electron chi connectivity index (χ3n) is 5.71. The first kappa shape index (κ1) is 21.0. The molecule has 0 saturated carbocycles. The predicted octanol–water partition coefficient (Wildman–Crippen LogP) is 3.29. The van der Waals surface area contributed by atoms with E-state index in [2.05, 4.69) is 13.8 Å². The van der Waals surface area contributed by atoms with Gasteiger partial charge >= 0.3 is 0 Å². The Hall–Kier alpha value is -3.22. The number of fused-ring (bicyclic) bond motifs is 1. The van der Waals surface area contributed by atoms with Crippen molar-refractivity contribution in [2.24, 2.45) is 0 Å². The zero-order valence-electron chi connectivity index (χ0n) is 18.2. The predicted molar refractivity (Wildman–Crippen MR) is 116 cm³/mol. The fourth-order valence-corrected chi connectivity index (χ4v) is 3.79. The molecule has 7 heteroatoms. The molecule has 2 aromatic rings. The Kier molecular flexibility index (Phi) is 6.02. The Balaban J connectivity index is 1.30. The average molecular weight is 424 g/mol. The maximum atomic E-state index is 12.8. The minimum Gasteiger partial charge on any atom is -0.481 e. The van der Waals surface area contributed by atoms with Crippen molar-refractivity contribution in [3.63, 3.8) is 0 Å². The first-order chi connectivity index (χ1) is 14.9. The van der Waals surface area contributed by atoms with Crippen LogP contribution in [0.25, 0.3) is 0 Å². The lowest BCUT2D eigenvalue weighted by Gasteiger charge is -2.36. The molecule has 0 radical (unpaired) electrons. The van der Waals surface area contributed by atoms with Gasteiger partial charge in [0.25, 0.3) is 11.8 Å². The fourth-order valence-electron chi connectivity index (χ4n) is 3.79. The van der Waals surface area contributed by atoms with E-state index in [1.807, 2.05) is 24.3 Å². The number of carbonyl (C=O) groups excluding carboxylic acids is 2. The summed E-state index contributed by atoms with van der Waals surface area (Å²) < 4.78 is 16.5. The maximum Gasteiger partial charge on any atom is 0.263 e. The molecule has 1 unspecified atom stereocenters. The molecule has 0 N–H and O–H groups in total. The third-order valence-corrected chi connectivity index (χ3v) is 5.71. The van der Waals surface area contributed by atoms with Gasteiger partial charge in [-0.15, -0.1) is 0 Å². The van der Waals surface area contributed by atoms with Gasteiger partial charge in [-0.2, -0.15) is 0 Å². The Labute approximate surface area is 182 Å². The molecule has 7 nitrogen and oxygen atoms in total. The van der Waals surface area contributed by atoms with Gasteiger partial charge in [-0.25, -0.2) is 0 Å². The van der Waals surface area contributed by atoms with Crippen molar-refractivity contribution >= 4 is 11.8 Å². The number of hydrogen-bond acceptors (Lipinski definition) is 5. The van der Waals surface area contributed by atoms with E-state index in [0.29, 0.717) is 54.9 Å². The van der Waals surface area contributed by atoms with Gasteiger partial charge in [0.1, 0.15) is 5.75 Å². The summed E-state index contributed by atoms with van der Waals surface area (Å²) in [5.41, 5.74) is 1.79. The van der Waals surface area contributed by atoms with Crippen molar-refractivity contribution in [1.29, 1.82) is 0 Å². The van der Waals surface area contributed by atoms with E-state index in [-0.39, 0.29) is 18.6 Å². The first-order valence-electron chi connectivity index (χ1n) is 10.7. The van der Waals surface area contributed by atoms with E-state index in [1.54, 1.807) is 34.9 Å². The molecule has 2 aromatic carbocycles. The second-order valence-corrected chi connectivity index (χ2v) is 8.17. The van der Waals surface area contributed by atoms with Gasteiger partial charge in [-0.05, 0) is 48.7 Å². The second kappa shape index (κ2) is 8.88. The summed E-state index contributed by atoms with van der Waals surface area (Å²) in [6, 6.07) is 13.1. The van der Waals surface area contributed by atoms with Crippen LogP contribution in [0, 0.1) is 0 Å². The molecule has 2 aliphatic rings. The highest BCUT2D eigenvalue weighted by atomic mass is 16.7. The number of ether oxygens (including phenoxy) is 3. The van der Waals surface area contributed by atoms with Gasteiger partial charge in [0.15, 0.2) is 17.6 Å². The van der Waals surface area contributed by atoms with Gasteiger partial charge in [0.2, 0.25) is 6.79 Å². The monoisotopic (exact) mass is 424 g/mol. The molecular weight excluding hydrogens is 396 g/mol. The summed E-state index contributed by atoms with van der Waals surface area (Å²) in [6.45, 7) is 8.14. The molecule has 0 aliphatic carbocycles.